The van der Waals surface area contributed by atoms with Gasteiger partial charge in [0, 0.05) is 62.2 Å². The fraction of sp³-hybridized carbons (Fsp3) is 0. The highest BCUT2D eigenvalue weighted by Crippen LogP contribution is 2.44. The maximum absolute atomic E-state index is 5.27. The van der Waals surface area contributed by atoms with E-state index in [1.54, 1.807) is 11.3 Å². The second kappa shape index (κ2) is 9.53. The zero-order valence-electron chi connectivity index (χ0n) is 23.8. The van der Waals surface area contributed by atoms with Gasteiger partial charge in [0.1, 0.15) is 0 Å². The molecule has 10 rings (SSSR count). The molecule has 0 unspecified atom stereocenters. The van der Waals surface area contributed by atoms with Crippen LogP contribution >= 0.6 is 22.7 Å². The summed E-state index contributed by atoms with van der Waals surface area (Å²) in [6.45, 7) is 0. The van der Waals surface area contributed by atoms with Crippen molar-refractivity contribution in [1.29, 1.82) is 0 Å². The van der Waals surface area contributed by atoms with Crippen molar-refractivity contribution in [2.75, 3.05) is 0 Å². The van der Waals surface area contributed by atoms with Crippen LogP contribution < -0.4 is 0 Å². The Bertz CT molecular complexity index is 2770. The van der Waals surface area contributed by atoms with Gasteiger partial charge in [-0.25, -0.2) is 4.98 Å². The molecule has 6 aromatic carbocycles. The number of thiophene rings is 2. The van der Waals surface area contributed by atoms with Crippen LogP contribution in [0, 0.1) is 0 Å². The summed E-state index contributed by atoms with van der Waals surface area (Å²) in [5.41, 5.74) is 4.14. The Balaban J connectivity index is 1.31. The Morgan fingerprint density at radius 1 is 0.422 bits per heavy atom. The summed E-state index contributed by atoms with van der Waals surface area (Å²) in [6, 6.07) is 47.0. The van der Waals surface area contributed by atoms with E-state index in [4.69, 9.17) is 15.0 Å². The molecule has 4 heterocycles. The van der Waals surface area contributed by atoms with Crippen molar-refractivity contribution >= 4 is 84.8 Å². The standard InChI is InChI=1S/C39H22N4S2/c1-2-11-23(12-3-1)37-40-38(29-17-10-16-26-24-13-5-8-19-32(24)44-35(26)29)42-39(41-37)43-30-18-7-4-15-28(30)34-31(43)22-21-27-25-14-6-9-20-33(25)45-36(27)34/h1-22H. The van der Waals surface area contributed by atoms with E-state index in [1.807, 2.05) is 29.5 Å². The Kier molecular flexibility index (Phi) is 5.29. The maximum atomic E-state index is 5.27. The van der Waals surface area contributed by atoms with E-state index in [-0.39, 0.29) is 0 Å². The van der Waals surface area contributed by atoms with Crippen molar-refractivity contribution < 1.29 is 0 Å². The molecular weight excluding hydrogens is 589 g/mol. The molecule has 0 saturated carbocycles. The summed E-state index contributed by atoms with van der Waals surface area (Å²) in [4.78, 5) is 15.5. The third kappa shape index (κ3) is 3.67. The molecule has 0 amide bonds. The summed E-state index contributed by atoms with van der Waals surface area (Å²) >= 11 is 3.64. The van der Waals surface area contributed by atoms with Crippen molar-refractivity contribution in [3.8, 4) is 28.7 Å². The van der Waals surface area contributed by atoms with Gasteiger partial charge in [0.2, 0.25) is 5.95 Å². The second-order valence-electron chi connectivity index (χ2n) is 11.2. The number of hydrogen-bond donors (Lipinski definition) is 0. The number of fused-ring (bicyclic) bond motifs is 10. The van der Waals surface area contributed by atoms with Gasteiger partial charge in [0.15, 0.2) is 11.6 Å². The second-order valence-corrected chi connectivity index (χ2v) is 13.3. The summed E-state index contributed by atoms with van der Waals surface area (Å²) in [5, 5.41) is 7.48. The zero-order valence-corrected chi connectivity index (χ0v) is 25.4. The van der Waals surface area contributed by atoms with Crippen LogP contribution in [0.1, 0.15) is 0 Å². The molecule has 210 valence electrons. The molecule has 10 aromatic rings. The number of rotatable bonds is 3. The van der Waals surface area contributed by atoms with Crippen molar-refractivity contribution in [3.63, 3.8) is 0 Å². The summed E-state index contributed by atoms with van der Waals surface area (Å²) in [6.07, 6.45) is 0. The summed E-state index contributed by atoms with van der Waals surface area (Å²) in [7, 11) is 0. The van der Waals surface area contributed by atoms with Gasteiger partial charge in [-0.1, -0.05) is 103 Å². The van der Waals surface area contributed by atoms with Crippen LogP contribution in [0.4, 0.5) is 0 Å². The quantitative estimate of drug-likeness (QED) is 0.200. The lowest BCUT2D eigenvalue weighted by Gasteiger charge is -2.11. The molecule has 0 spiro atoms. The van der Waals surface area contributed by atoms with Crippen molar-refractivity contribution in [2.24, 2.45) is 0 Å². The maximum Gasteiger partial charge on any atom is 0.238 e. The Hall–Kier alpha value is -5.43. The number of nitrogens with zero attached hydrogens (tertiary/aromatic N) is 4. The molecular formula is C39H22N4S2. The fourth-order valence-electron chi connectivity index (χ4n) is 6.68. The molecule has 0 aliphatic rings. The van der Waals surface area contributed by atoms with E-state index in [0.29, 0.717) is 17.6 Å². The summed E-state index contributed by atoms with van der Waals surface area (Å²) < 4.78 is 7.24. The lowest BCUT2D eigenvalue weighted by atomic mass is 10.1. The van der Waals surface area contributed by atoms with Gasteiger partial charge in [-0.2, -0.15) is 9.97 Å². The molecule has 0 aliphatic heterocycles. The van der Waals surface area contributed by atoms with Crippen LogP contribution in [0.5, 0.6) is 0 Å². The lowest BCUT2D eigenvalue weighted by Crippen LogP contribution is -2.06. The smallest absolute Gasteiger partial charge is 0.238 e. The van der Waals surface area contributed by atoms with Gasteiger partial charge in [-0.15, -0.1) is 22.7 Å². The summed E-state index contributed by atoms with van der Waals surface area (Å²) in [5.74, 6) is 1.94. The monoisotopic (exact) mass is 610 g/mol. The fourth-order valence-corrected chi connectivity index (χ4v) is 9.15. The first-order valence-electron chi connectivity index (χ1n) is 14.9. The number of para-hydroxylation sites is 1. The molecule has 6 heteroatoms. The van der Waals surface area contributed by atoms with E-state index in [2.05, 4.69) is 120 Å². The van der Waals surface area contributed by atoms with Crippen LogP contribution in [0.2, 0.25) is 0 Å². The van der Waals surface area contributed by atoms with E-state index >= 15 is 0 Å². The first-order chi connectivity index (χ1) is 22.3. The van der Waals surface area contributed by atoms with E-state index in [0.717, 1.165) is 22.2 Å². The molecule has 45 heavy (non-hydrogen) atoms. The molecule has 0 fully saturated rings. The Labute approximate surface area is 265 Å². The predicted molar refractivity (Wildman–Crippen MR) is 191 cm³/mol. The minimum absolute atomic E-state index is 0.614. The van der Waals surface area contributed by atoms with E-state index in [1.165, 1.54) is 51.1 Å². The first-order valence-corrected chi connectivity index (χ1v) is 16.5. The number of benzene rings is 6. The van der Waals surface area contributed by atoms with E-state index in [9.17, 15) is 0 Å². The van der Waals surface area contributed by atoms with Crippen LogP contribution in [0.15, 0.2) is 133 Å². The number of hydrogen-bond acceptors (Lipinski definition) is 5. The predicted octanol–water partition coefficient (Wildman–Crippen LogP) is 11.0. The lowest BCUT2D eigenvalue weighted by molar-refractivity contribution is 0.955. The molecule has 0 bridgehead atoms. The van der Waals surface area contributed by atoms with E-state index < -0.39 is 0 Å². The van der Waals surface area contributed by atoms with Crippen LogP contribution in [-0.2, 0) is 0 Å². The number of aromatic nitrogens is 4. The first kappa shape index (κ1) is 25.0. The van der Waals surface area contributed by atoms with Gasteiger partial charge < -0.3 is 0 Å². The molecule has 4 nitrogen and oxygen atoms in total. The van der Waals surface area contributed by atoms with Crippen LogP contribution in [0.3, 0.4) is 0 Å². The van der Waals surface area contributed by atoms with Crippen LogP contribution in [0.25, 0.3) is 90.9 Å². The SMILES string of the molecule is c1ccc(-c2nc(-c3cccc4c3sc3ccccc34)nc(-n3c4ccccc4c4c5sc6ccccc6c5ccc43)n2)cc1. The molecule has 0 aliphatic carbocycles. The topological polar surface area (TPSA) is 43.6 Å². The minimum atomic E-state index is 0.614. The molecule has 0 radical (unpaired) electrons. The van der Waals surface area contributed by atoms with Crippen molar-refractivity contribution in [3.05, 3.63) is 133 Å². The highest BCUT2D eigenvalue weighted by atomic mass is 32.1. The molecule has 0 saturated heterocycles. The van der Waals surface area contributed by atoms with Gasteiger partial charge in [-0.05, 0) is 30.3 Å². The average molecular weight is 611 g/mol. The van der Waals surface area contributed by atoms with Crippen molar-refractivity contribution in [2.45, 2.75) is 0 Å². The normalized spacial score (nSPS) is 12.0. The van der Waals surface area contributed by atoms with Gasteiger partial charge in [0.05, 0.1) is 11.0 Å². The van der Waals surface area contributed by atoms with Crippen LogP contribution in [-0.4, -0.2) is 19.5 Å². The zero-order chi connectivity index (χ0) is 29.5. The Morgan fingerprint density at radius 2 is 1.04 bits per heavy atom. The highest BCUT2D eigenvalue weighted by Gasteiger charge is 2.21. The molecule has 0 N–H and O–H groups in total. The van der Waals surface area contributed by atoms with Gasteiger partial charge in [0.25, 0.3) is 0 Å². The van der Waals surface area contributed by atoms with Crippen molar-refractivity contribution in [1.82, 2.24) is 19.5 Å². The third-order valence-corrected chi connectivity index (χ3v) is 11.1. The molecule has 4 aromatic heterocycles. The average Bonchev–Trinajstić information content (AvgIpc) is 3.78. The largest absolute Gasteiger partial charge is 0.278 e. The third-order valence-electron chi connectivity index (χ3n) is 8.68. The van der Waals surface area contributed by atoms with Gasteiger partial charge >= 0.3 is 0 Å². The minimum Gasteiger partial charge on any atom is -0.278 e. The van der Waals surface area contributed by atoms with Gasteiger partial charge in [-0.3, -0.25) is 4.57 Å². The highest BCUT2D eigenvalue weighted by molar-refractivity contribution is 7.27. The Morgan fingerprint density at radius 3 is 1.84 bits per heavy atom. The molecule has 0 atom stereocenters.